The van der Waals surface area contributed by atoms with Gasteiger partial charge in [0.25, 0.3) is 0 Å². The van der Waals surface area contributed by atoms with Crippen LogP contribution in [0.3, 0.4) is 0 Å². The predicted octanol–water partition coefficient (Wildman–Crippen LogP) is 1.59. The first-order valence-corrected chi connectivity index (χ1v) is 6.88. The molecule has 0 bridgehead atoms. The van der Waals surface area contributed by atoms with Gasteiger partial charge in [-0.3, -0.25) is 14.4 Å². The lowest BCUT2D eigenvalue weighted by Crippen LogP contribution is -2.37. The SMILES string of the molecule is C[C@@H]1Sc2ccccc2C(=O)[C@H]1C(=O)CC(=O)C(=O)O. The number of carbonyl (C=O) groups excluding carboxylic acids is 3. The molecule has 1 aromatic carbocycles. The van der Waals surface area contributed by atoms with E-state index in [9.17, 15) is 19.2 Å². The number of hydrogen-bond acceptors (Lipinski definition) is 5. The first kappa shape index (κ1) is 14.5. The summed E-state index contributed by atoms with van der Waals surface area (Å²) in [4.78, 5) is 46.8. The lowest BCUT2D eigenvalue weighted by Gasteiger charge is -2.27. The molecule has 6 heteroatoms. The average Bonchev–Trinajstić information content (AvgIpc) is 2.38. The quantitative estimate of drug-likeness (QED) is 0.669. The van der Waals surface area contributed by atoms with E-state index in [-0.39, 0.29) is 11.0 Å². The Morgan fingerprint density at radius 2 is 1.90 bits per heavy atom. The molecular weight excluding hydrogens is 280 g/mol. The van der Waals surface area contributed by atoms with Crippen molar-refractivity contribution >= 4 is 35.1 Å². The van der Waals surface area contributed by atoms with E-state index in [2.05, 4.69) is 0 Å². The van der Waals surface area contributed by atoms with Crippen LogP contribution in [-0.2, 0) is 14.4 Å². The largest absolute Gasteiger partial charge is 0.475 e. The van der Waals surface area contributed by atoms with Gasteiger partial charge in [0.05, 0.1) is 12.3 Å². The van der Waals surface area contributed by atoms with Gasteiger partial charge in [0, 0.05) is 15.7 Å². The van der Waals surface area contributed by atoms with Crippen molar-refractivity contribution in [1.29, 1.82) is 0 Å². The Bertz CT molecular complexity index is 607. The minimum atomic E-state index is -1.65. The van der Waals surface area contributed by atoms with E-state index in [1.165, 1.54) is 11.8 Å². The number of carbonyl (C=O) groups is 4. The van der Waals surface area contributed by atoms with Crippen molar-refractivity contribution in [3.8, 4) is 0 Å². The standard InChI is InChI=1S/C14H12O5S/c1-7-12(9(15)6-10(16)14(18)19)13(17)8-4-2-3-5-11(8)20-7/h2-5,7,12H,6H2,1H3,(H,18,19)/t7-,12+/m0/s1. The summed E-state index contributed by atoms with van der Waals surface area (Å²) in [6.45, 7) is 1.73. The van der Waals surface area contributed by atoms with Crippen LogP contribution < -0.4 is 0 Å². The van der Waals surface area contributed by atoms with E-state index in [1.807, 2.05) is 6.07 Å². The van der Waals surface area contributed by atoms with Gasteiger partial charge < -0.3 is 5.11 Å². The zero-order valence-electron chi connectivity index (χ0n) is 10.7. The molecular formula is C14H12O5S. The Labute approximate surface area is 119 Å². The van der Waals surface area contributed by atoms with Crippen molar-refractivity contribution in [2.45, 2.75) is 23.5 Å². The summed E-state index contributed by atoms with van der Waals surface area (Å²) in [5.41, 5.74) is 0.455. The normalized spacial score (nSPS) is 21.1. The van der Waals surface area contributed by atoms with E-state index in [0.717, 1.165) is 4.90 Å². The number of ketones is 3. The van der Waals surface area contributed by atoms with Crippen LogP contribution in [0.4, 0.5) is 0 Å². The fraction of sp³-hybridized carbons (Fsp3) is 0.286. The van der Waals surface area contributed by atoms with E-state index in [0.29, 0.717) is 5.56 Å². The summed E-state index contributed by atoms with van der Waals surface area (Å²) in [6, 6.07) is 6.95. The number of hydrogen-bond donors (Lipinski definition) is 1. The molecule has 0 saturated heterocycles. The number of carboxylic acids is 1. The Kier molecular flexibility index (Phi) is 4.04. The van der Waals surface area contributed by atoms with Crippen molar-refractivity contribution in [3.63, 3.8) is 0 Å². The number of thioether (sulfide) groups is 1. The second-order valence-electron chi connectivity index (χ2n) is 4.53. The van der Waals surface area contributed by atoms with Gasteiger partial charge in [-0.25, -0.2) is 4.79 Å². The molecule has 1 aliphatic heterocycles. The van der Waals surface area contributed by atoms with Crippen molar-refractivity contribution in [2.75, 3.05) is 0 Å². The number of Topliss-reactive ketones (excluding diaryl/α,β-unsaturated/α-hetero) is 3. The lowest BCUT2D eigenvalue weighted by molar-refractivity contribution is -0.150. The summed E-state index contributed by atoms with van der Waals surface area (Å²) < 4.78 is 0. The molecule has 1 aromatic rings. The number of carboxylic acid groups (broad SMARTS) is 1. The highest BCUT2D eigenvalue weighted by molar-refractivity contribution is 8.00. The molecule has 0 amide bonds. The highest BCUT2D eigenvalue weighted by atomic mass is 32.2. The highest BCUT2D eigenvalue weighted by Gasteiger charge is 2.39. The number of aliphatic carboxylic acids is 1. The zero-order chi connectivity index (χ0) is 14.9. The molecule has 20 heavy (non-hydrogen) atoms. The predicted molar refractivity (Wildman–Crippen MR) is 71.8 cm³/mol. The molecule has 2 atom stereocenters. The third-order valence-electron chi connectivity index (χ3n) is 3.14. The fourth-order valence-electron chi connectivity index (χ4n) is 2.17. The van der Waals surface area contributed by atoms with Crippen molar-refractivity contribution in [3.05, 3.63) is 29.8 Å². The van der Waals surface area contributed by atoms with Crippen molar-refractivity contribution < 1.29 is 24.3 Å². The first-order chi connectivity index (χ1) is 9.41. The van der Waals surface area contributed by atoms with Crippen LogP contribution in [0.25, 0.3) is 0 Å². The summed E-state index contributed by atoms with van der Waals surface area (Å²) in [7, 11) is 0. The molecule has 0 aromatic heterocycles. The maximum Gasteiger partial charge on any atom is 0.372 e. The van der Waals surface area contributed by atoms with E-state index >= 15 is 0 Å². The van der Waals surface area contributed by atoms with E-state index < -0.39 is 29.9 Å². The van der Waals surface area contributed by atoms with Gasteiger partial charge in [-0.05, 0) is 6.07 Å². The number of fused-ring (bicyclic) bond motifs is 1. The van der Waals surface area contributed by atoms with Gasteiger partial charge in [-0.1, -0.05) is 25.1 Å². The average molecular weight is 292 g/mol. The second-order valence-corrected chi connectivity index (χ2v) is 5.95. The molecule has 1 heterocycles. The van der Waals surface area contributed by atoms with Gasteiger partial charge in [0.1, 0.15) is 0 Å². The molecule has 0 aliphatic carbocycles. The third-order valence-corrected chi connectivity index (χ3v) is 4.39. The van der Waals surface area contributed by atoms with Gasteiger partial charge in [-0.2, -0.15) is 0 Å². The van der Waals surface area contributed by atoms with Crippen LogP contribution in [0, 0.1) is 5.92 Å². The molecule has 1 aliphatic rings. The van der Waals surface area contributed by atoms with Gasteiger partial charge in [0.15, 0.2) is 11.6 Å². The highest BCUT2D eigenvalue weighted by Crippen LogP contribution is 2.38. The number of benzene rings is 1. The van der Waals surface area contributed by atoms with Gasteiger partial charge >= 0.3 is 5.97 Å². The maximum atomic E-state index is 12.3. The summed E-state index contributed by atoms with van der Waals surface area (Å²) in [5, 5.41) is 8.21. The second kappa shape index (κ2) is 5.58. The lowest BCUT2D eigenvalue weighted by atomic mass is 9.88. The van der Waals surface area contributed by atoms with Crippen LogP contribution in [0.1, 0.15) is 23.7 Å². The third kappa shape index (κ3) is 2.65. The summed E-state index contributed by atoms with van der Waals surface area (Å²) in [5.74, 6) is -4.76. The molecule has 1 N–H and O–H groups in total. The Morgan fingerprint density at radius 3 is 2.55 bits per heavy atom. The summed E-state index contributed by atoms with van der Waals surface area (Å²) >= 11 is 1.39. The van der Waals surface area contributed by atoms with Crippen LogP contribution in [-0.4, -0.2) is 33.7 Å². The monoisotopic (exact) mass is 292 g/mol. The molecule has 2 rings (SSSR count). The molecule has 104 valence electrons. The van der Waals surface area contributed by atoms with E-state index in [1.54, 1.807) is 25.1 Å². The first-order valence-electron chi connectivity index (χ1n) is 6.00. The molecule has 5 nitrogen and oxygen atoms in total. The van der Waals surface area contributed by atoms with Crippen LogP contribution in [0.5, 0.6) is 0 Å². The topological polar surface area (TPSA) is 88.5 Å². The molecule has 0 saturated carbocycles. The van der Waals surface area contributed by atoms with Crippen LogP contribution in [0.15, 0.2) is 29.2 Å². The zero-order valence-corrected chi connectivity index (χ0v) is 11.5. The van der Waals surface area contributed by atoms with Crippen molar-refractivity contribution in [2.24, 2.45) is 5.92 Å². The Hall–Kier alpha value is -1.95. The fourth-order valence-corrected chi connectivity index (χ4v) is 3.44. The number of rotatable bonds is 4. The molecule has 0 spiro atoms. The van der Waals surface area contributed by atoms with Gasteiger partial charge in [0.2, 0.25) is 5.78 Å². The molecule has 0 fully saturated rings. The molecule has 0 radical (unpaired) electrons. The van der Waals surface area contributed by atoms with Crippen molar-refractivity contribution in [1.82, 2.24) is 0 Å². The van der Waals surface area contributed by atoms with Crippen LogP contribution >= 0.6 is 11.8 Å². The Balaban J connectivity index is 2.25. The van der Waals surface area contributed by atoms with E-state index in [4.69, 9.17) is 5.11 Å². The minimum Gasteiger partial charge on any atom is -0.475 e. The maximum absolute atomic E-state index is 12.3. The molecule has 0 unspecified atom stereocenters. The smallest absolute Gasteiger partial charge is 0.372 e. The summed E-state index contributed by atoms with van der Waals surface area (Å²) in [6.07, 6.45) is -0.737. The van der Waals surface area contributed by atoms with Gasteiger partial charge in [-0.15, -0.1) is 11.8 Å². The minimum absolute atomic E-state index is 0.313. The van der Waals surface area contributed by atoms with Crippen LogP contribution in [0.2, 0.25) is 0 Å². The Morgan fingerprint density at radius 1 is 1.25 bits per heavy atom.